The van der Waals surface area contributed by atoms with Gasteiger partial charge in [-0.15, -0.1) is 0 Å². The molecular formula is C21H24N2O5. The molecule has 0 aliphatic carbocycles. The summed E-state index contributed by atoms with van der Waals surface area (Å²) in [4.78, 5) is 17.7. The summed E-state index contributed by atoms with van der Waals surface area (Å²) < 4.78 is 15.8. The van der Waals surface area contributed by atoms with Crippen LogP contribution < -0.4 is 19.5 Å². The molecule has 3 rings (SSSR count). The van der Waals surface area contributed by atoms with E-state index in [-0.39, 0.29) is 5.91 Å². The van der Waals surface area contributed by atoms with Gasteiger partial charge >= 0.3 is 0 Å². The van der Waals surface area contributed by atoms with Gasteiger partial charge in [-0.2, -0.15) is 0 Å². The molecule has 1 atom stereocenters. The number of methoxy groups -OCH3 is 3. The van der Waals surface area contributed by atoms with Gasteiger partial charge in [0.25, 0.3) is 5.91 Å². The van der Waals surface area contributed by atoms with E-state index >= 15 is 0 Å². The number of nitrogens with zero attached hydrogens (tertiary/aromatic N) is 1. The Balaban J connectivity index is 1.50. The van der Waals surface area contributed by atoms with Gasteiger partial charge < -0.3 is 24.4 Å². The van der Waals surface area contributed by atoms with Crippen molar-refractivity contribution in [2.45, 2.75) is 18.9 Å². The highest BCUT2D eigenvalue weighted by atomic mass is 16.6. The molecule has 148 valence electrons. The molecule has 2 aromatic rings. The predicted octanol–water partition coefficient (Wildman–Crippen LogP) is 2.56. The maximum absolute atomic E-state index is 12.4. The van der Waals surface area contributed by atoms with Crippen molar-refractivity contribution in [1.29, 1.82) is 0 Å². The van der Waals surface area contributed by atoms with Crippen LogP contribution in [0.25, 0.3) is 0 Å². The van der Waals surface area contributed by atoms with Crippen molar-refractivity contribution < 1.29 is 23.8 Å². The topological polar surface area (TPSA) is 78.4 Å². The minimum Gasteiger partial charge on any atom is -0.497 e. The number of oxime groups is 1. The van der Waals surface area contributed by atoms with Gasteiger partial charge in [-0.1, -0.05) is 23.4 Å². The van der Waals surface area contributed by atoms with Crippen LogP contribution in [0.3, 0.4) is 0 Å². The Labute approximate surface area is 164 Å². The van der Waals surface area contributed by atoms with Gasteiger partial charge in [-0.3, -0.25) is 4.79 Å². The second kappa shape index (κ2) is 9.12. The quantitative estimate of drug-likeness (QED) is 0.757. The summed E-state index contributed by atoms with van der Waals surface area (Å²) >= 11 is 0. The lowest BCUT2D eigenvalue weighted by Crippen LogP contribution is -2.36. The smallest absolute Gasteiger partial charge is 0.264 e. The number of nitrogens with one attached hydrogen (secondary N) is 1. The number of amides is 1. The van der Waals surface area contributed by atoms with Crippen molar-refractivity contribution in [3.8, 4) is 17.2 Å². The molecule has 0 saturated heterocycles. The second-order valence-electron chi connectivity index (χ2n) is 6.30. The van der Waals surface area contributed by atoms with Crippen molar-refractivity contribution in [2.75, 3.05) is 27.9 Å². The summed E-state index contributed by atoms with van der Waals surface area (Å²) in [5.41, 5.74) is 2.66. The summed E-state index contributed by atoms with van der Waals surface area (Å²) in [5, 5.41) is 6.96. The fraction of sp³-hybridized carbons (Fsp3) is 0.333. The monoisotopic (exact) mass is 384 g/mol. The van der Waals surface area contributed by atoms with E-state index in [0.29, 0.717) is 30.9 Å². The van der Waals surface area contributed by atoms with Crippen LogP contribution in [0, 0.1) is 0 Å². The van der Waals surface area contributed by atoms with Gasteiger partial charge in [0.05, 0.1) is 27.0 Å². The minimum atomic E-state index is -0.619. The molecule has 7 nitrogen and oxygen atoms in total. The van der Waals surface area contributed by atoms with Crippen molar-refractivity contribution >= 4 is 11.6 Å². The van der Waals surface area contributed by atoms with Crippen molar-refractivity contribution in [3.05, 3.63) is 53.6 Å². The Hall–Kier alpha value is -3.22. The van der Waals surface area contributed by atoms with Gasteiger partial charge in [-0.25, -0.2) is 0 Å². The molecule has 0 spiro atoms. The molecule has 1 aliphatic heterocycles. The maximum atomic E-state index is 12.4. The molecule has 1 aliphatic rings. The third-order valence-corrected chi connectivity index (χ3v) is 4.53. The summed E-state index contributed by atoms with van der Waals surface area (Å²) in [6, 6.07) is 13.2. The van der Waals surface area contributed by atoms with Crippen LogP contribution in [-0.4, -0.2) is 45.6 Å². The SMILES string of the molecule is COc1cccc(C2=NOC(C(=O)NCCc3ccc(OC)c(OC)c3)C2)c1. The van der Waals surface area contributed by atoms with Crippen molar-refractivity contribution in [1.82, 2.24) is 5.32 Å². The fourth-order valence-electron chi connectivity index (χ4n) is 2.97. The van der Waals surface area contributed by atoms with Crippen molar-refractivity contribution in [3.63, 3.8) is 0 Å². The Bertz CT molecular complexity index is 866. The highest BCUT2D eigenvalue weighted by Gasteiger charge is 2.28. The van der Waals surface area contributed by atoms with E-state index in [9.17, 15) is 4.79 Å². The van der Waals surface area contributed by atoms with E-state index in [2.05, 4.69) is 10.5 Å². The second-order valence-corrected chi connectivity index (χ2v) is 6.30. The molecule has 1 heterocycles. The zero-order chi connectivity index (χ0) is 19.9. The maximum Gasteiger partial charge on any atom is 0.264 e. The van der Waals surface area contributed by atoms with Gasteiger partial charge in [0, 0.05) is 18.5 Å². The Morgan fingerprint density at radius 3 is 2.68 bits per heavy atom. The summed E-state index contributed by atoms with van der Waals surface area (Å²) in [5.74, 6) is 1.91. The number of hydrogen-bond acceptors (Lipinski definition) is 6. The molecule has 0 bridgehead atoms. The molecule has 0 fully saturated rings. The molecule has 2 aromatic carbocycles. The molecule has 1 unspecified atom stereocenters. The highest BCUT2D eigenvalue weighted by molar-refractivity contribution is 6.04. The first-order valence-corrected chi connectivity index (χ1v) is 9.00. The minimum absolute atomic E-state index is 0.179. The van der Waals surface area contributed by atoms with Crippen LogP contribution in [0.1, 0.15) is 17.5 Å². The first-order valence-electron chi connectivity index (χ1n) is 9.00. The molecular weight excluding hydrogens is 360 g/mol. The van der Waals surface area contributed by atoms with Crippen molar-refractivity contribution in [2.24, 2.45) is 5.16 Å². The van der Waals surface area contributed by atoms with Crippen LogP contribution in [0.4, 0.5) is 0 Å². The van der Waals surface area contributed by atoms with Crippen LogP contribution in [0.15, 0.2) is 47.6 Å². The Morgan fingerprint density at radius 1 is 1.11 bits per heavy atom. The van der Waals surface area contributed by atoms with Crippen LogP contribution in [-0.2, 0) is 16.1 Å². The lowest BCUT2D eigenvalue weighted by Gasteiger charge is -2.11. The summed E-state index contributed by atoms with van der Waals surface area (Å²) in [7, 11) is 4.81. The molecule has 28 heavy (non-hydrogen) atoms. The molecule has 0 saturated carbocycles. The lowest BCUT2D eigenvalue weighted by atomic mass is 10.0. The Kier molecular flexibility index (Phi) is 6.37. The molecule has 0 radical (unpaired) electrons. The predicted molar refractivity (Wildman–Crippen MR) is 105 cm³/mol. The highest BCUT2D eigenvalue weighted by Crippen LogP contribution is 2.27. The van der Waals surface area contributed by atoms with Crippen LogP contribution >= 0.6 is 0 Å². The summed E-state index contributed by atoms with van der Waals surface area (Å²) in [6.45, 7) is 0.489. The normalized spacial score (nSPS) is 15.4. The fourth-order valence-corrected chi connectivity index (χ4v) is 2.97. The van der Waals surface area contributed by atoms with E-state index in [1.54, 1.807) is 21.3 Å². The van der Waals surface area contributed by atoms with Crippen LogP contribution in [0.5, 0.6) is 17.2 Å². The number of carbonyl (C=O) groups excluding carboxylic acids is 1. The van der Waals surface area contributed by atoms with E-state index in [0.717, 1.165) is 22.6 Å². The third-order valence-electron chi connectivity index (χ3n) is 4.53. The van der Waals surface area contributed by atoms with E-state index in [4.69, 9.17) is 19.0 Å². The van der Waals surface area contributed by atoms with E-state index in [1.165, 1.54) is 0 Å². The largest absolute Gasteiger partial charge is 0.497 e. The Morgan fingerprint density at radius 2 is 1.93 bits per heavy atom. The summed E-state index contributed by atoms with van der Waals surface area (Å²) in [6.07, 6.45) is 0.476. The van der Waals surface area contributed by atoms with Gasteiger partial charge in [0.2, 0.25) is 6.10 Å². The van der Waals surface area contributed by atoms with E-state index in [1.807, 2.05) is 42.5 Å². The average Bonchev–Trinajstić information content (AvgIpc) is 3.24. The van der Waals surface area contributed by atoms with Crippen LogP contribution in [0.2, 0.25) is 0 Å². The number of ether oxygens (including phenoxy) is 3. The molecule has 7 heteroatoms. The number of hydrogen-bond donors (Lipinski definition) is 1. The first kappa shape index (κ1) is 19.5. The zero-order valence-electron chi connectivity index (χ0n) is 16.2. The third kappa shape index (κ3) is 4.54. The van der Waals surface area contributed by atoms with Gasteiger partial charge in [0.1, 0.15) is 5.75 Å². The van der Waals surface area contributed by atoms with Gasteiger partial charge in [-0.05, 0) is 36.2 Å². The first-order chi connectivity index (χ1) is 13.6. The number of rotatable bonds is 8. The van der Waals surface area contributed by atoms with E-state index < -0.39 is 6.10 Å². The number of benzene rings is 2. The van der Waals surface area contributed by atoms with Gasteiger partial charge in [0.15, 0.2) is 11.5 Å². The standard InChI is InChI=1S/C21H24N2O5/c1-25-16-6-4-5-15(12-16)17-13-20(28-23-17)21(24)22-10-9-14-7-8-18(26-2)19(11-14)27-3/h4-8,11-12,20H,9-10,13H2,1-3H3,(H,22,24). The zero-order valence-corrected chi connectivity index (χ0v) is 16.2. The molecule has 1 N–H and O–H groups in total. The molecule has 0 aromatic heterocycles. The lowest BCUT2D eigenvalue weighted by molar-refractivity contribution is -0.131. The molecule has 1 amide bonds. The number of carbonyl (C=O) groups is 1. The average molecular weight is 384 g/mol.